The van der Waals surface area contributed by atoms with Crippen molar-refractivity contribution >= 4 is 17.7 Å². The van der Waals surface area contributed by atoms with Crippen LogP contribution in [0.3, 0.4) is 0 Å². The molecule has 1 amide bonds. The Morgan fingerprint density at radius 3 is 2.00 bits per heavy atom. The predicted octanol–water partition coefficient (Wildman–Crippen LogP) is 6.42. The van der Waals surface area contributed by atoms with E-state index in [1.54, 1.807) is 56.7 Å². The van der Waals surface area contributed by atoms with Crippen molar-refractivity contribution in [3.63, 3.8) is 0 Å². The molecule has 0 aliphatic rings. The lowest BCUT2D eigenvalue weighted by molar-refractivity contribution is -0.112. The van der Waals surface area contributed by atoms with Gasteiger partial charge in [-0.1, -0.05) is 42.5 Å². The molecular weight excluding hydrogens is 520 g/mol. The highest BCUT2D eigenvalue weighted by Crippen LogP contribution is 2.32. The Hall–Kier alpha value is -5.42. The van der Waals surface area contributed by atoms with Gasteiger partial charge in [-0.05, 0) is 71.3 Å². The number of anilines is 1. The fraction of sp³-hybridized carbons (Fsp3) is 0.152. The minimum absolute atomic E-state index is 0.0572. The predicted molar refractivity (Wildman–Crippen MR) is 156 cm³/mol. The molecule has 0 spiro atoms. The summed E-state index contributed by atoms with van der Waals surface area (Å²) in [7, 11) is 4.68. The Morgan fingerprint density at radius 1 is 0.732 bits per heavy atom. The van der Waals surface area contributed by atoms with E-state index in [9.17, 15) is 10.1 Å². The molecule has 8 heteroatoms. The molecular formula is C33H30N2O6. The largest absolute Gasteiger partial charge is 0.497 e. The SMILES string of the molecule is COc1ccc(NC(=O)/C(C#N)=C\c2ccc(OCc3ccc(OCc4ccccc4)c(OC)c3)c(OC)c2)cc1. The molecule has 4 aromatic rings. The van der Waals surface area contributed by atoms with Crippen molar-refractivity contribution in [2.75, 3.05) is 26.6 Å². The Labute approximate surface area is 239 Å². The third-order valence-corrected chi connectivity index (χ3v) is 6.07. The molecule has 4 rings (SSSR count). The first-order valence-corrected chi connectivity index (χ1v) is 12.7. The molecule has 0 radical (unpaired) electrons. The molecule has 208 valence electrons. The summed E-state index contributed by atoms with van der Waals surface area (Å²) < 4.78 is 28.1. The van der Waals surface area contributed by atoms with Gasteiger partial charge in [0.25, 0.3) is 5.91 Å². The van der Waals surface area contributed by atoms with Gasteiger partial charge < -0.3 is 29.0 Å². The van der Waals surface area contributed by atoms with Gasteiger partial charge in [-0.15, -0.1) is 0 Å². The zero-order valence-corrected chi connectivity index (χ0v) is 23.0. The van der Waals surface area contributed by atoms with E-state index >= 15 is 0 Å². The van der Waals surface area contributed by atoms with Crippen LogP contribution in [-0.2, 0) is 18.0 Å². The quantitative estimate of drug-likeness (QED) is 0.161. The smallest absolute Gasteiger partial charge is 0.266 e. The van der Waals surface area contributed by atoms with Crippen molar-refractivity contribution in [1.82, 2.24) is 0 Å². The van der Waals surface area contributed by atoms with Gasteiger partial charge in [0.05, 0.1) is 21.3 Å². The van der Waals surface area contributed by atoms with Crippen molar-refractivity contribution in [3.8, 4) is 34.8 Å². The number of hydrogen-bond donors (Lipinski definition) is 1. The molecule has 41 heavy (non-hydrogen) atoms. The maximum Gasteiger partial charge on any atom is 0.266 e. The zero-order chi connectivity index (χ0) is 29.0. The summed E-state index contributed by atoms with van der Waals surface area (Å²) in [6.07, 6.45) is 1.49. The van der Waals surface area contributed by atoms with Crippen LogP contribution < -0.4 is 29.0 Å². The molecule has 0 atom stereocenters. The van der Waals surface area contributed by atoms with Crippen LogP contribution in [0.1, 0.15) is 16.7 Å². The molecule has 4 aromatic carbocycles. The van der Waals surface area contributed by atoms with E-state index in [1.165, 1.54) is 13.2 Å². The first kappa shape index (κ1) is 28.6. The van der Waals surface area contributed by atoms with E-state index < -0.39 is 5.91 Å². The Balaban J connectivity index is 1.41. The number of methoxy groups -OCH3 is 3. The van der Waals surface area contributed by atoms with E-state index in [2.05, 4.69) is 5.32 Å². The van der Waals surface area contributed by atoms with Gasteiger partial charge in [0, 0.05) is 5.69 Å². The molecule has 0 aliphatic carbocycles. The fourth-order valence-electron chi connectivity index (χ4n) is 3.90. The monoisotopic (exact) mass is 550 g/mol. The van der Waals surface area contributed by atoms with Crippen LogP contribution in [0.15, 0.2) is 96.6 Å². The number of rotatable bonds is 12. The molecule has 0 heterocycles. The van der Waals surface area contributed by atoms with Gasteiger partial charge in [0.1, 0.15) is 30.6 Å². The third kappa shape index (κ3) is 7.80. The third-order valence-electron chi connectivity index (χ3n) is 6.07. The highest BCUT2D eigenvalue weighted by Gasteiger charge is 2.13. The van der Waals surface area contributed by atoms with E-state index in [0.29, 0.717) is 46.6 Å². The Morgan fingerprint density at radius 2 is 1.37 bits per heavy atom. The number of nitriles is 1. The Kier molecular flexibility index (Phi) is 9.83. The van der Waals surface area contributed by atoms with Crippen LogP contribution >= 0.6 is 0 Å². The van der Waals surface area contributed by atoms with E-state index in [0.717, 1.165) is 11.1 Å². The van der Waals surface area contributed by atoms with Crippen molar-refractivity contribution in [3.05, 3.63) is 113 Å². The average molecular weight is 551 g/mol. The van der Waals surface area contributed by atoms with Gasteiger partial charge in [-0.25, -0.2) is 0 Å². The molecule has 0 aliphatic heterocycles. The number of carbonyl (C=O) groups excluding carboxylic acids is 1. The minimum Gasteiger partial charge on any atom is -0.497 e. The number of amides is 1. The van der Waals surface area contributed by atoms with Crippen molar-refractivity contribution in [2.45, 2.75) is 13.2 Å². The maximum atomic E-state index is 12.7. The van der Waals surface area contributed by atoms with E-state index in [1.807, 2.05) is 54.6 Å². The second kappa shape index (κ2) is 14.1. The molecule has 0 fully saturated rings. The normalized spacial score (nSPS) is 10.7. The summed E-state index contributed by atoms with van der Waals surface area (Å²) in [6, 6.07) is 29.5. The number of nitrogens with zero attached hydrogens (tertiary/aromatic N) is 1. The molecule has 0 unspecified atom stereocenters. The summed E-state index contributed by atoms with van der Waals surface area (Å²) in [5.74, 6) is 2.35. The summed E-state index contributed by atoms with van der Waals surface area (Å²) in [6.45, 7) is 0.691. The average Bonchev–Trinajstić information content (AvgIpc) is 3.02. The van der Waals surface area contributed by atoms with Gasteiger partial charge in [0.15, 0.2) is 23.0 Å². The van der Waals surface area contributed by atoms with Crippen LogP contribution in [0.2, 0.25) is 0 Å². The Bertz CT molecular complexity index is 1540. The van der Waals surface area contributed by atoms with E-state index in [-0.39, 0.29) is 12.2 Å². The van der Waals surface area contributed by atoms with Crippen molar-refractivity contribution < 1.29 is 28.5 Å². The maximum absolute atomic E-state index is 12.7. The van der Waals surface area contributed by atoms with Gasteiger partial charge in [-0.3, -0.25) is 4.79 Å². The van der Waals surface area contributed by atoms with Crippen LogP contribution in [0.4, 0.5) is 5.69 Å². The molecule has 0 bridgehead atoms. The van der Waals surface area contributed by atoms with Crippen molar-refractivity contribution in [2.24, 2.45) is 0 Å². The summed E-state index contributed by atoms with van der Waals surface area (Å²) >= 11 is 0. The number of hydrogen-bond acceptors (Lipinski definition) is 7. The highest BCUT2D eigenvalue weighted by atomic mass is 16.5. The zero-order valence-electron chi connectivity index (χ0n) is 23.0. The topological polar surface area (TPSA) is 99.0 Å². The first-order chi connectivity index (χ1) is 20.0. The molecule has 0 aromatic heterocycles. The van der Waals surface area contributed by atoms with E-state index in [4.69, 9.17) is 23.7 Å². The lowest BCUT2D eigenvalue weighted by atomic mass is 10.1. The second-order valence-corrected chi connectivity index (χ2v) is 8.81. The highest BCUT2D eigenvalue weighted by molar-refractivity contribution is 6.09. The summed E-state index contributed by atoms with van der Waals surface area (Å²) in [5, 5.41) is 12.3. The number of ether oxygens (including phenoxy) is 5. The van der Waals surface area contributed by atoms with Crippen LogP contribution in [-0.4, -0.2) is 27.2 Å². The lowest BCUT2D eigenvalue weighted by Crippen LogP contribution is -2.13. The molecule has 0 saturated carbocycles. The summed E-state index contributed by atoms with van der Waals surface area (Å²) in [5.41, 5.74) is 3.04. The molecule has 1 N–H and O–H groups in total. The first-order valence-electron chi connectivity index (χ1n) is 12.7. The van der Waals surface area contributed by atoms with Gasteiger partial charge in [-0.2, -0.15) is 5.26 Å². The van der Waals surface area contributed by atoms with Crippen LogP contribution in [0.5, 0.6) is 28.7 Å². The van der Waals surface area contributed by atoms with Gasteiger partial charge in [0.2, 0.25) is 0 Å². The number of carbonyl (C=O) groups is 1. The number of nitrogens with one attached hydrogen (secondary N) is 1. The van der Waals surface area contributed by atoms with Crippen molar-refractivity contribution in [1.29, 1.82) is 5.26 Å². The molecule has 8 nitrogen and oxygen atoms in total. The van der Waals surface area contributed by atoms with Crippen LogP contribution in [0, 0.1) is 11.3 Å². The number of benzene rings is 4. The van der Waals surface area contributed by atoms with Gasteiger partial charge >= 0.3 is 0 Å². The van der Waals surface area contributed by atoms with Crippen LogP contribution in [0.25, 0.3) is 6.08 Å². The molecule has 0 saturated heterocycles. The fourth-order valence-corrected chi connectivity index (χ4v) is 3.90. The standard InChI is InChI=1S/C33H30N2O6/c1-37-28-13-11-27(12-14-28)35-33(36)26(20-34)17-24-9-15-29(31(18-24)38-2)41-22-25-10-16-30(32(19-25)39-3)40-21-23-7-5-4-6-8-23/h4-19H,21-22H2,1-3H3,(H,35,36)/b26-17-. The lowest BCUT2D eigenvalue weighted by Gasteiger charge is -2.14. The summed E-state index contributed by atoms with van der Waals surface area (Å²) in [4.78, 5) is 12.7. The minimum atomic E-state index is -0.526. The second-order valence-electron chi connectivity index (χ2n) is 8.81.